The van der Waals surface area contributed by atoms with Crippen LogP contribution in [-0.4, -0.2) is 94.7 Å². The Morgan fingerprint density at radius 3 is 1.54 bits per heavy atom. The summed E-state index contributed by atoms with van der Waals surface area (Å²) < 4.78 is 21.2. The molecular formula is C24H48Cl2N2O7. The number of nitrogens with two attached hydrogens (primary N) is 1. The van der Waals surface area contributed by atoms with Crippen molar-refractivity contribution in [3.05, 3.63) is 0 Å². The van der Waals surface area contributed by atoms with Gasteiger partial charge in [0.15, 0.2) is 0 Å². The molecule has 0 heterocycles. The molecule has 0 saturated carbocycles. The van der Waals surface area contributed by atoms with E-state index in [2.05, 4.69) is 5.32 Å². The summed E-state index contributed by atoms with van der Waals surface area (Å²) in [5, 5.41) is 11.0. The van der Waals surface area contributed by atoms with E-state index in [1.54, 1.807) is 0 Å². The van der Waals surface area contributed by atoms with Crippen LogP contribution < -0.4 is 11.1 Å². The Labute approximate surface area is 221 Å². The number of hydrogen-bond donors (Lipinski definition) is 3. The maximum Gasteiger partial charge on any atom is 0.303 e. The highest BCUT2D eigenvalue weighted by Crippen LogP contribution is 2.01. The highest BCUT2D eigenvalue weighted by molar-refractivity contribution is 6.18. The second kappa shape index (κ2) is 33.3. The van der Waals surface area contributed by atoms with E-state index in [-0.39, 0.29) is 18.7 Å². The van der Waals surface area contributed by atoms with Crippen LogP contribution >= 0.6 is 23.2 Å². The Bertz CT molecular complexity index is 438. The molecule has 0 atom stereocenters. The van der Waals surface area contributed by atoms with Gasteiger partial charge >= 0.3 is 5.97 Å². The normalized spacial score (nSPS) is 10.6. The van der Waals surface area contributed by atoms with Crippen LogP contribution in [-0.2, 0) is 28.5 Å². The zero-order chi connectivity index (χ0) is 26.2. The van der Waals surface area contributed by atoms with Gasteiger partial charge in [0.1, 0.15) is 0 Å². The Balaban J connectivity index is 0. The standard InChI is InChI=1S/C14H26ClNO5.C10H22ClNO2/c15-7-3-1-2-4-9-20-11-12-21-10-8-16-13(17)5-6-14(18)19;11-5-3-1-2-4-7-13-9-10-14-8-6-12/h1-12H2,(H,16,17)(H,18,19);1-10,12H2. The molecule has 0 aromatic carbocycles. The second-order valence-corrected chi connectivity index (χ2v) is 8.44. The SMILES string of the molecule is NCCOCCOCCCCCCCl.O=C(O)CCC(=O)NCCOCCOCCCCCCCl. The van der Waals surface area contributed by atoms with Gasteiger partial charge in [-0.25, -0.2) is 0 Å². The minimum atomic E-state index is -0.971. The third kappa shape index (κ3) is 38.0. The van der Waals surface area contributed by atoms with Crippen LogP contribution in [0.4, 0.5) is 0 Å². The fourth-order valence-electron chi connectivity index (χ4n) is 2.60. The lowest BCUT2D eigenvalue weighted by Gasteiger charge is -2.07. The molecule has 0 aliphatic heterocycles. The number of unbranched alkanes of at least 4 members (excludes halogenated alkanes) is 6. The maximum absolute atomic E-state index is 11.2. The van der Waals surface area contributed by atoms with Crippen LogP contribution in [0.3, 0.4) is 0 Å². The Hall–Kier alpha value is -0.680. The van der Waals surface area contributed by atoms with Crippen LogP contribution in [0.2, 0.25) is 0 Å². The van der Waals surface area contributed by atoms with Crippen LogP contribution in [0, 0.1) is 0 Å². The largest absolute Gasteiger partial charge is 0.481 e. The predicted molar refractivity (Wildman–Crippen MR) is 141 cm³/mol. The fraction of sp³-hybridized carbons (Fsp3) is 0.917. The Morgan fingerprint density at radius 1 is 0.629 bits per heavy atom. The van der Waals surface area contributed by atoms with Gasteiger partial charge in [0.2, 0.25) is 5.91 Å². The lowest BCUT2D eigenvalue weighted by atomic mass is 10.2. The molecule has 1 amide bonds. The number of ether oxygens (including phenoxy) is 4. The topological polar surface area (TPSA) is 129 Å². The molecule has 11 heteroatoms. The highest BCUT2D eigenvalue weighted by atomic mass is 35.5. The molecule has 0 spiro atoms. The van der Waals surface area contributed by atoms with Crippen LogP contribution in [0.25, 0.3) is 0 Å². The number of alkyl halides is 2. The first-order chi connectivity index (χ1) is 17.1. The molecule has 35 heavy (non-hydrogen) atoms. The quantitative estimate of drug-likeness (QED) is 0.111. The van der Waals surface area contributed by atoms with Crippen molar-refractivity contribution in [1.82, 2.24) is 5.32 Å². The van der Waals surface area contributed by atoms with Crippen LogP contribution in [0.1, 0.15) is 64.2 Å². The third-order valence-electron chi connectivity index (χ3n) is 4.49. The maximum atomic E-state index is 11.2. The molecule has 0 aliphatic rings. The summed E-state index contributed by atoms with van der Waals surface area (Å²) in [6, 6.07) is 0. The van der Waals surface area contributed by atoms with Crippen molar-refractivity contribution in [3.63, 3.8) is 0 Å². The lowest BCUT2D eigenvalue weighted by Crippen LogP contribution is -2.27. The van der Waals surface area contributed by atoms with Gasteiger partial charge in [-0.3, -0.25) is 9.59 Å². The lowest BCUT2D eigenvalue weighted by molar-refractivity contribution is -0.138. The summed E-state index contributed by atoms with van der Waals surface area (Å²) in [7, 11) is 0. The van der Waals surface area contributed by atoms with E-state index >= 15 is 0 Å². The first-order valence-corrected chi connectivity index (χ1v) is 13.8. The summed E-state index contributed by atoms with van der Waals surface area (Å²) in [6.07, 6.45) is 8.87. The minimum absolute atomic E-state index is 0.00215. The summed E-state index contributed by atoms with van der Waals surface area (Å²) in [4.78, 5) is 21.4. The first-order valence-electron chi connectivity index (χ1n) is 12.7. The van der Waals surface area contributed by atoms with Crippen molar-refractivity contribution in [1.29, 1.82) is 0 Å². The van der Waals surface area contributed by atoms with Gasteiger partial charge in [0.05, 0.1) is 46.1 Å². The van der Waals surface area contributed by atoms with Gasteiger partial charge < -0.3 is 35.1 Å². The molecule has 0 bridgehead atoms. The van der Waals surface area contributed by atoms with Crippen molar-refractivity contribution in [2.45, 2.75) is 64.2 Å². The van der Waals surface area contributed by atoms with Gasteiger partial charge in [0.25, 0.3) is 0 Å². The molecule has 0 saturated heterocycles. The van der Waals surface area contributed by atoms with Gasteiger partial charge in [-0.15, -0.1) is 23.2 Å². The van der Waals surface area contributed by atoms with Crippen LogP contribution in [0.15, 0.2) is 0 Å². The zero-order valence-electron chi connectivity index (χ0n) is 21.3. The van der Waals surface area contributed by atoms with Crippen molar-refractivity contribution in [2.75, 3.05) is 77.7 Å². The number of rotatable bonds is 26. The second-order valence-electron chi connectivity index (χ2n) is 7.69. The molecule has 0 aromatic heterocycles. The highest BCUT2D eigenvalue weighted by Gasteiger charge is 2.04. The average Bonchev–Trinajstić information content (AvgIpc) is 2.85. The molecule has 0 fully saturated rings. The molecule has 210 valence electrons. The molecule has 9 nitrogen and oxygen atoms in total. The number of hydrogen-bond acceptors (Lipinski definition) is 7. The van der Waals surface area contributed by atoms with E-state index in [1.807, 2.05) is 0 Å². The van der Waals surface area contributed by atoms with Crippen molar-refractivity contribution in [3.8, 4) is 0 Å². The Morgan fingerprint density at radius 2 is 1.09 bits per heavy atom. The van der Waals surface area contributed by atoms with Crippen molar-refractivity contribution >= 4 is 35.1 Å². The number of aliphatic carboxylic acids is 1. The van der Waals surface area contributed by atoms with Gasteiger partial charge in [0, 0.05) is 44.5 Å². The molecule has 4 N–H and O–H groups in total. The third-order valence-corrected chi connectivity index (χ3v) is 5.02. The molecule has 0 radical (unpaired) electrons. The number of carbonyl (C=O) groups is 2. The van der Waals surface area contributed by atoms with Crippen LogP contribution in [0.5, 0.6) is 0 Å². The van der Waals surface area contributed by atoms with Gasteiger partial charge in [-0.05, 0) is 25.7 Å². The van der Waals surface area contributed by atoms with E-state index in [0.29, 0.717) is 52.7 Å². The molecule has 0 rings (SSSR count). The number of carboxylic acid groups (broad SMARTS) is 1. The summed E-state index contributed by atoms with van der Waals surface area (Å²) in [6.45, 7) is 5.92. The van der Waals surface area contributed by atoms with Crippen molar-refractivity contribution < 1.29 is 33.6 Å². The van der Waals surface area contributed by atoms with Crippen molar-refractivity contribution in [2.24, 2.45) is 5.73 Å². The predicted octanol–water partition coefficient (Wildman–Crippen LogP) is 3.58. The first kappa shape index (κ1) is 36.5. The summed E-state index contributed by atoms with van der Waals surface area (Å²) in [5.74, 6) is 0.255. The number of carboxylic acids is 1. The number of halogens is 2. The monoisotopic (exact) mass is 546 g/mol. The van der Waals surface area contributed by atoms with E-state index in [4.69, 9.17) is 53.0 Å². The molecule has 0 aliphatic carbocycles. The average molecular weight is 548 g/mol. The number of amides is 1. The van der Waals surface area contributed by atoms with E-state index in [1.165, 1.54) is 12.8 Å². The fourth-order valence-corrected chi connectivity index (χ4v) is 2.98. The number of carbonyl (C=O) groups excluding carboxylic acids is 1. The van der Waals surface area contributed by atoms with Gasteiger partial charge in [-0.2, -0.15) is 0 Å². The molecule has 0 aromatic rings. The van der Waals surface area contributed by atoms with E-state index < -0.39 is 5.97 Å². The summed E-state index contributed by atoms with van der Waals surface area (Å²) >= 11 is 11.1. The molecular weight excluding hydrogens is 499 g/mol. The van der Waals surface area contributed by atoms with E-state index in [9.17, 15) is 9.59 Å². The molecule has 0 unspecified atom stereocenters. The van der Waals surface area contributed by atoms with Gasteiger partial charge in [-0.1, -0.05) is 25.7 Å². The smallest absolute Gasteiger partial charge is 0.303 e. The summed E-state index contributed by atoms with van der Waals surface area (Å²) in [5.41, 5.74) is 5.26. The number of nitrogens with one attached hydrogen (secondary N) is 1. The zero-order valence-corrected chi connectivity index (χ0v) is 22.8. The Kier molecular flexibility index (Phi) is 34.7. The minimum Gasteiger partial charge on any atom is -0.481 e. The van der Waals surface area contributed by atoms with E-state index in [0.717, 1.165) is 63.5 Å².